The van der Waals surface area contributed by atoms with E-state index in [4.69, 9.17) is 0 Å². The Balaban J connectivity index is 2.01. The maximum atomic E-state index is 4.39. The molecule has 1 aliphatic rings. The van der Waals surface area contributed by atoms with Crippen molar-refractivity contribution in [2.24, 2.45) is 5.92 Å². The van der Waals surface area contributed by atoms with E-state index < -0.39 is 0 Å². The summed E-state index contributed by atoms with van der Waals surface area (Å²) in [5.74, 6) is 2.84. The third-order valence-corrected chi connectivity index (χ3v) is 3.50. The van der Waals surface area contributed by atoms with Gasteiger partial charge in [0, 0.05) is 32.7 Å². The van der Waals surface area contributed by atoms with Crippen molar-refractivity contribution < 1.29 is 0 Å². The molecule has 1 aromatic heterocycles. The van der Waals surface area contributed by atoms with Crippen molar-refractivity contribution in [3.63, 3.8) is 0 Å². The monoisotopic (exact) mass is 248 g/mol. The van der Waals surface area contributed by atoms with Crippen LogP contribution in [-0.4, -0.2) is 36.6 Å². The van der Waals surface area contributed by atoms with Crippen molar-refractivity contribution >= 4 is 11.6 Å². The zero-order chi connectivity index (χ0) is 13.0. The molecule has 0 amide bonds. The van der Waals surface area contributed by atoms with Gasteiger partial charge in [0.05, 0.1) is 0 Å². The summed E-state index contributed by atoms with van der Waals surface area (Å²) in [6.07, 6.45) is 5.44. The lowest BCUT2D eigenvalue weighted by Crippen LogP contribution is -2.23. The predicted octanol–water partition coefficient (Wildman–Crippen LogP) is 2.56. The van der Waals surface area contributed by atoms with E-state index in [-0.39, 0.29) is 0 Å². The Kier molecular flexibility index (Phi) is 4.39. The minimum Gasteiger partial charge on any atom is -0.360 e. The Hall–Kier alpha value is -1.32. The van der Waals surface area contributed by atoms with E-state index in [9.17, 15) is 0 Å². The van der Waals surface area contributed by atoms with Gasteiger partial charge in [0.15, 0.2) is 0 Å². The highest BCUT2D eigenvalue weighted by Crippen LogP contribution is 2.21. The smallest absolute Gasteiger partial charge is 0.134 e. The molecule has 0 radical (unpaired) electrons. The summed E-state index contributed by atoms with van der Waals surface area (Å²) in [5.41, 5.74) is 0. The lowest BCUT2D eigenvalue weighted by atomic mass is 10.1. The first kappa shape index (κ1) is 13.1. The molecule has 1 saturated heterocycles. The number of hydrogen-bond donors (Lipinski definition) is 0. The van der Waals surface area contributed by atoms with Gasteiger partial charge in [-0.25, -0.2) is 9.97 Å². The average Bonchev–Trinajstić information content (AvgIpc) is 2.90. The molecule has 2 heterocycles. The minimum absolute atomic E-state index is 0.729. The largest absolute Gasteiger partial charge is 0.360 e. The molecular weight excluding hydrogens is 224 g/mol. The first-order chi connectivity index (χ1) is 8.66. The van der Waals surface area contributed by atoms with Crippen LogP contribution in [0.25, 0.3) is 0 Å². The summed E-state index contributed by atoms with van der Waals surface area (Å²) >= 11 is 0. The molecule has 4 nitrogen and oxygen atoms in total. The third-order valence-electron chi connectivity index (χ3n) is 3.50. The van der Waals surface area contributed by atoms with Gasteiger partial charge in [-0.1, -0.05) is 13.8 Å². The van der Waals surface area contributed by atoms with Gasteiger partial charge in [-0.05, 0) is 25.2 Å². The van der Waals surface area contributed by atoms with Crippen LogP contribution in [0.3, 0.4) is 0 Å². The maximum Gasteiger partial charge on any atom is 0.134 e. The van der Waals surface area contributed by atoms with Gasteiger partial charge in [0.25, 0.3) is 0 Å². The molecule has 0 spiro atoms. The molecule has 100 valence electrons. The highest BCUT2D eigenvalue weighted by molar-refractivity contribution is 5.50. The number of rotatable bonds is 5. The van der Waals surface area contributed by atoms with Gasteiger partial charge >= 0.3 is 0 Å². The van der Waals surface area contributed by atoms with E-state index in [2.05, 4.69) is 46.7 Å². The quantitative estimate of drug-likeness (QED) is 0.801. The van der Waals surface area contributed by atoms with Crippen LogP contribution in [0.15, 0.2) is 12.4 Å². The summed E-state index contributed by atoms with van der Waals surface area (Å²) in [6.45, 7) is 7.82. The van der Waals surface area contributed by atoms with Gasteiger partial charge in [0.2, 0.25) is 0 Å². The fourth-order valence-corrected chi connectivity index (χ4v) is 2.23. The fourth-order valence-electron chi connectivity index (χ4n) is 2.23. The Morgan fingerprint density at radius 1 is 1.28 bits per heavy atom. The number of nitrogens with zero attached hydrogens (tertiary/aromatic N) is 4. The van der Waals surface area contributed by atoms with E-state index >= 15 is 0 Å². The van der Waals surface area contributed by atoms with Gasteiger partial charge in [0.1, 0.15) is 18.0 Å². The first-order valence-corrected chi connectivity index (χ1v) is 6.95. The van der Waals surface area contributed by atoms with Crippen molar-refractivity contribution in [1.82, 2.24) is 9.97 Å². The molecule has 1 aliphatic heterocycles. The van der Waals surface area contributed by atoms with Crippen molar-refractivity contribution in [2.45, 2.75) is 33.1 Å². The predicted molar refractivity (Wildman–Crippen MR) is 76.2 cm³/mol. The molecule has 18 heavy (non-hydrogen) atoms. The number of aromatic nitrogens is 2. The van der Waals surface area contributed by atoms with Crippen molar-refractivity contribution in [1.29, 1.82) is 0 Å². The average molecular weight is 248 g/mol. The van der Waals surface area contributed by atoms with Crippen LogP contribution >= 0.6 is 0 Å². The molecule has 0 N–H and O–H groups in total. The van der Waals surface area contributed by atoms with Crippen LogP contribution in [0, 0.1) is 5.92 Å². The molecule has 0 bridgehead atoms. The summed E-state index contributed by atoms with van der Waals surface area (Å²) in [5, 5.41) is 0. The summed E-state index contributed by atoms with van der Waals surface area (Å²) in [6, 6.07) is 2.12. The van der Waals surface area contributed by atoms with Crippen molar-refractivity contribution in [3.8, 4) is 0 Å². The normalized spacial score (nSPS) is 15.4. The van der Waals surface area contributed by atoms with Crippen LogP contribution in [0.5, 0.6) is 0 Å². The van der Waals surface area contributed by atoms with Gasteiger partial charge < -0.3 is 9.80 Å². The standard InChI is InChI=1S/C14H24N4/c1-12(2)6-9-17(3)13-10-14(16-11-15-13)18-7-4-5-8-18/h10-12H,4-9H2,1-3H3. The second-order valence-corrected chi connectivity index (χ2v) is 5.53. The molecule has 1 aromatic rings. The van der Waals surface area contributed by atoms with Crippen molar-refractivity contribution in [2.75, 3.05) is 36.5 Å². The maximum absolute atomic E-state index is 4.39. The highest BCUT2D eigenvalue weighted by Gasteiger charge is 2.14. The van der Waals surface area contributed by atoms with Crippen LogP contribution in [-0.2, 0) is 0 Å². The Labute approximate surface area is 110 Å². The zero-order valence-electron chi connectivity index (χ0n) is 11.8. The van der Waals surface area contributed by atoms with E-state index in [1.807, 2.05) is 0 Å². The van der Waals surface area contributed by atoms with Gasteiger partial charge in [-0.2, -0.15) is 0 Å². The fraction of sp³-hybridized carbons (Fsp3) is 0.714. The SMILES string of the molecule is CC(C)CCN(C)c1cc(N2CCCC2)ncn1. The van der Waals surface area contributed by atoms with Gasteiger partial charge in [-0.3, -0.25) is 0 Å². The van der Waals surface area contributed by atoms with E-state index in [1.54, 1.807) is 6.33 Å². The van der Waals surface area contributed by atoms with Crippen LogP contribution < -0.4 is 9.80 Å². The molecular formula is C14H24N4. The number of hydrogen-bond acceptors (Lipinski definition) is 4. The topological polar surface area (TPSA) is 32.3 Å². The molecule has 0 aromatic carbocycles. The molecule has 0 saturated carbocycles. The van der Waals surface area contributed by atoms with Crippen molar-refractivity contribution in [3.05, 3.63) is 12.4 Å². The molecule has 2 rings (SSSR count). The first-order valence-electron chi connectivity index (χ1n) is 6.95. The Morgan fingerprint density at radius 2 is 2.00 bits per heavy atom. The molecule has 1 fully saturated rings. The lowest BCUT2D eigenvalue weighted by molar-refractivity contribution is 0.583. The second-order valence-electron chi connectivity index (χ2n) is 5.53. The molecule has 0 atom stereocenters. The van der Waals surface area contributed by atoms with E-state index in [0.717, 1.165) is 37.2 Å². The zero-order valence-corrected chi connectivity index (χ0v) is 11.8. The van der Waals surface area contributed by atoms with E-state index in [1.165, 1.54) is 19.3 Å². The van der Waals surface area contributed by atoms with Crippen LogP contribution in [0.4, 0.5) is 11.6 Å². The lowest BCUT2D eigenvalue weighted by Gasteiger charge is -2.22. The Bertz CT molecular complexity index is 372. The number of anilines is 2. The minimum atomic E-state index is 0.729. The van der Waals surface area contributed by atoms with Crippen LogP contribution in [0.1, 0.15) is 33.1 Å². The Morgan fingerprint density at radius 3 is 2.67 bits per heavy atom. The van der Waals surface area contributed by atoms with E-state index in [0.29, 0.717) is 0 Å². The molecule has 0 unspecified atom stereocenters. The van der Waals surface area contributed by atoms with Crippen LogP contribution in [0.2, 0.25) is 0 Å². The third kappa shape index (κ3) is 3.34. The second kappa shape index (κ2) is 6.03. The molecule has 4 heteroatoms. The summed E-state index contributed by atoms with van der Waals surface area (Å²) in [4.78, 5) is 13.3. The summed E-state index contributed by atoms with van der Waals surface area (Å²) < 4.78 is 0. The summed E-state index contributed by atoms with van der Waals surface area (Å²) in [7, 11) is 2.11. The highest BCUT2D eigenvalue weighted by atomic mass is 15.2. The molecule has 0 aliphatic carbocycles. The van der Waals surface area contributed by atoms with Gasteiger partial charge in [-0.15, -0.1) is 0 Å².